The number of nitrogens with zero attached hydrogens (tertiary/aromatic N) is 6. The van der Waals surface area contributed by atoms with Gasteiger partial charge in [-0.1, -0.05) is 42.1 Å². The molecule has 1 aliphatic rings. The summed E-state index contributed by atoms with van der Waals surface area (Å²) in [5.41, 5.74) is 2.94. The minimum Gasteiger partial charge on any atom is -0.371 e. The molecule has 1 aliphatic heterocycles. The van der Waals surface area contributed by atoms with Gasteiger partial charge in [-0.05, 0) is 37.8 Å². The molecule has 0 N–H and O–H groups in total. The third-order valence-corrected chi connectivity index (χ3v) is 6.20. The van der Waals surface area contributed by atoms with Crippen LogP contribution in [0.1, 0.15) is 36.2 Å². The fraction of sp³-hybridized carbons (Fsp3) is 0.318. The van der Waals surface area contributed by atoms with Crippen molar-refractivity contribution in [1.29, 1.82) is 0 Å². The van der Waals surface area contributed by atoms with Gasteiger partial charge in [0.05, 0.1) is 11.1 Å². The predicted molar refractivity (Wildman–Crippen MR) is 123 cm³/mol. The van der Waals surface area contributed by atoms with E-state index in [1.54, 1.807) is 34.8 Å². The molecule has 1 aromatic heterocycles. The molecule has 8 nitrogen and oxygen atoms in total. The van der Waals surface area contributed by atoms with Gasteiger partial charge in [-0.25, -0.2) is 0 Å². The van der Waals surface area contributed by atoms with E-state index in [9.17, 15) is 10.1 Å². The van der Waals surface area contributed by atoms with Gasteiger partial charge in [-0.15, -0.1) is 10.2 Å². The van der Waals surface area contributed by atoms with Crippen molar-refractivity contribution < 1.29 is 4.92 Å². The van der Waals surface area contributed by atoms with E-state index in [2.05, 4.69) is 32.3 Å². The van der Waals surface area contributed by atoms with Crippen LogP contribution >= 0.6 is 11.8 Å². The van der Waals surface area contributed by atoms with Crippen molar-refractivity contribution in [3.8, 4) is 0 Å². The Balaban J connectivity index is 1.61. The van der Waals surface area contributed by atoms with Crippen molar-refractivity contribution in [3.05, 3.63) is 75.6 Å². The van der Waals surface area contributed by atoms with Gasteiger partial charge in [0.15, 0.2) is 5.82 Å². The van der Waals surface area contributed by atoms with Gasteiger partial charge in [0.1, 0.15) is 0 Å². The van der Waals surface area contributed by atoms with Crippen LogP contribution in [0.15, 0.2) is 58.8 Å². The Kier molecular flexibility index (Phi) is 6.61. The molecule has 0 radical (unpaired) electrons. The van der Waals surface area contributed by atoms with Crippen molar-refractivity contribution in [2.45, 2.75) is 37.1 Å². The Morgan fingerprint density at radius 3 is 2.65 bits per heavy atom. The van der Waals surface area contributed by atoms with Crippen molar-refractivity contribution in [2.24, 2.45) is 5.10 Å². The fourth-order valence-corrected chi connectivity index (χ4v) is 4.47. The molecule has 4 rings (SSSR count). The molecule has 2 heterocycles. The fourth-order valence-electron chi connectivity index (χ4n) is 3.58. The Labute approximate surface area is 185 Å². The molecule has 2 aromatic carbocycles. The number of anilines is 1. The first-order valence-corrected chi connectivity index (χ1v) is 11.3. The van der Waals surface area contributed by atoms with Crippen LogP contribution in [0.25, 0.3) is 0 Å². The Morgan fingerprint density at radius 1 is 1.13 bits per heavy atom. The van der Waals surface area contributed by atoms with E-state index in [-0.39, 0.29) is 10.6 Å². The number of nitro benzene ring substituents is 1. The normalized spacial score (nSPS) is 14.3. The van der Waals surface area contributed by atoms with Gasteiger partial charge in [-0.3, -0.25) is 10.1 Å². The number of aromatic nitrogens is 3. The van der Waals surface area contributed by atoms with Gasteiger partial charge in [-0.2, -0.15) is 9.78 Å². The Hall–Kier alpha value is -3.20. The molecule has 1 saturated heterocycles. The Morgan fingerprint density at radius 2 is 1.90 bits per heavy atom. The number of piperidine rings is 1. The third kappa shape index (κ3) is 5.11. The summed E-state index contributed by atoms with van der Waals surface area (Å²) in [6.07, 6.45) is 5.14. The molecule has 31 heavy (non-hydrogen) atoms. The highest BCUT2D eigenvalue weighted by Gasteiger charge is 2.17. The molecule has 0 saturated carbocycles. The lowest BCUT2D eigenvalue weighted by atomic mass is 10.1. The largest absolute Gasteiger partial charge is 0.371 e. The number of benzene rings is 2. The maximum Gasteiger partial charge on any atom is 0.270 e. The van der Waals surface area contributed by atoms with E-state index >= 15 is 0 Å². The first kappa shape index (κ1) is 21.0. The van der Waals surface area contributed by atoms with Gasteiger partial charge >= 0.3 is 0 Å². The second-order valence-corrected chi connectivity index (χ2v) is 8.35. The molecule has 0 bridgehead atoms. The quantitative estimate of drug-likeness (QED) is 0.232. The number of nitro groups is 1. The molecular formula is C22H24N6O2S. The predicted octanol–water partition coefficient (Wildman–Crippen LogP) is 4.66. The summed E-state index contributed by atoms with van der Waals surface area (Å²) in [5.74, 6) is 1.42. The van der Waals surface area contributed by atoms with Crippen molar-refractivity contribution in [3.63, 3.8) is 0 Å². The molecule has 1 fully saturated rings. The van der Waals surface area contributed by atoms with E-state index in [0.29, 0.717) is 11.0 Å². The lowest BCUT2D eigenvalue weighted by Gasteiger charge is -2.29. The van der Waals surface area contributed by atoms with E-state index in [1.807, 2.05) is 31.2 Å². The Bertz CT molecular complexity index is 1080. The minimum atomic E-state index is -0.373. The van der Waals surface area contributed by atoms with E-state index in [1.165, 1.54) is 12.0 Å². The first-order chi connectivity index (χ1) is 15.1. The SMILES string of the molecule is Cc1nnc(SCc2ccccc2)n1/N=C\c1cc([N+](=O)[O-])ccc1N1CCCCC1. The average Bonchev–Trinajstić information content (AvgIpc) is 3.16. The van der Waals surface area contributed by atoms with Crippen LogP contribution in [0.4, 0.5) is 11.4 Å². The van der Waals surface area contributed by atoms with Gasteiger partial charge in [0.25, 0.3) is 5.69 Å². The molecule has 3 aromatic rings. The van der Waals surface area contributed by atoms with Crippen LogP contribution in [0.2, 0.25) is 0 Å². The number of thioether (sulfide) groups is 1. The zero-order chi connectivity index (χ0) is 21.6. The summed E-state index contributed by atoms with van der Waals surface area (Å²) in [4.78, 5) is 13.2. The van der Waals surface area contributed by atoms with Crippen LogP contribution < -0.4 is 4.90 Å². The van der Waals surface area contributed by atoms with E-state index in [4.69, 9.17) is 0 Å². The zero-order valence-corrected chi connectivity index (χ0v) is 18.2. The highest BCUT2D eigenvalue weighted by molar-refractivity contribution is 7.98. The van der Waals surface area contributed by atoms with E-state index in [0.717, 1.165) is 42.9 Å². The second kappa shape index (κ2) is 9.74. The highest BCUT2D eigenvalue weighted by atomic mass is 32.2. The number of non-ortho nitro benzene ring substituents is 1. The molecule has 0 atom stereocenters. The monoisotopic (exact) mass is 436 g/mol. The lowest BCUT2D eigenvalue weighted by molar-refractivity contribution is -0.384. The zero-order valence-electron chi connectivity index (χ0n) is 17.3. The maximum atomic E-state index is 11.3. The highest BCUT2D eigenvalue weighted by Crippen LogP contribution is 2.27. The molecule has 9 heteroatoms. The molecule has 160 valence electrons. The molecule has 0 unspecified atom stereocenters. The number of hydrogen-bond acceptors (Lipinski definition) is 7. The summed E-state index contributed by atoms with van der Waals surface area (Å²) in [6, 6.07) is 15.1. The molecule has 0 aliphatic carbocycles. The van der Waals surface area contributed by atoms with E-state index < -0.39 is 0 Å². The molecular weight excluding hydrogens is 412 g/mol. The topological polar surface area (TPSA) is 89.4 Å². The van der Waals surface area contributed by atoms with Crippen molar-refractivity contribution >= 4 is 29.4 Å². The standard InChI is InChI=1S/C22H24N6O2S/c1-17-24-25-22(31-16-18-8-4-2-5-9-18)27(17)23-15-19-14-20(28(29)30)10-11-21(19)26-12-6-3-7-13-26/h2,4-5,8-11,14-15H,3,6-7,12-13,16H2,1H3/b23-15-. The number of hydrogen-bond donors (Lipinski definition) is 0. The summed E-state index contributed by atoms with van der Waals surface area (Å²) in [6.45, 7) is 3.74. The van der Waals surface area contributed by atoms with Gasteiger partial charge in [0.2, 0.25) is 5.16 Å². The second-order valence-electron chi connectivity index (χ2n) is 7.41. The lowest BCUT2D eigenvalue weighted by Crippen LogP contribution is -2.30. The summed E-state index contributed by atoms with van der Waals surface area (Å²) < 4.78 is 1.69. The van der Waals surface area contributed by atoms with Gasteiger partial charge in [0, 0.05) is 42.2 Å². The van der Waals surface area contributed by atoms with Crippen LogP contribution in [-0.2, 0) is 5.75 Å². The third-order valence-electron chi connectivity index (χ3n) is 5.21. The number of aryl methyl sites for hydroxylation is 1. The van der Waals surface area contributed by atoms with Crippen LogP contribution in [0, 0.1) is 17.0 Å². The smallest absolute Gasteiger partial charge is 0.270 e. The van der Waals surface area contributed by atoms with Crippen LogP contribution in [0.5, 0.6) is 0 Å². The summed E-state index contributed by atoms with van der Waals surface area (Å²) in [7, 11) is 0. The first-order valence-electron chi connectivity index (χ1n) is 10.3. The van der Waals surface area contributed by atoms with Crippen LogP contribution in [-0.4, -0.2) is 39.1 Å². The summed E-state index contributed by atoms with van der Waals surface area (Å²) >= 11 is 1.55. The molecule has 0 spiro atoms. The number of rotatable bonds is 7. The van der Waals surface area contributed by atoms with Gasteiger partial charge < -0.3 is 4.90 Å². The van der Waals surface area contributed by atoms with Crippen LogP contribution in [0.3, 0.4) is 0 Å². The van der Waals surface area contributed by atoms with Crippen molar-refractivity contribution in [1.82, 2.24) is 14.9 Å². The van der Waals surface area contributed by atoms with Crippen molar-refractivity contribution in [2.75, 3.05) is 18.0 Å². The average molecular weight is 437 g/mol. The summed E-state index contributed by atoms with van der Waals surface area (Å²) in [5, 5.41) is 25.0. The minimum absolute atomic E-state index is 0.0568. The molecule has 0 amide bonds. The maximum absolute atomic E-state index is 11.3.